The van der Waals surface area contributed by atoms with Crippen molar-refractivity contribution >= 4 is 23.2 Å². The molecule has 0 aliphatic rings. The molecule has 0 bridgehead atoms. The maximum atomic E-state index is 12.0. The van der Waals surface area contributed by atoms with E-state index in [1.54, 1.807) is 29.6 Å². The molecule has 116 valence electrons. The fraction of sp³-hybridized carbons (Fsp3) is 0.385. The normalized spacial score (nSPS) is 12.4. The molecule has 0 aromatic heterocycles. The van der Waals surface area contributed by atoms with E-state index in [9.17, 15) is 22.8 Å². The van der Waals surface area contributed by atoms with Gasteiger partial charge in [-0.05, 0) is 25.1 Å². The van der Waals surface area contributed by atoms with Gasteiger partial charge in [0.2, 0.25) is 11.8 Å². The van der Waals surface area contributed by atoms with Gasteiger partial charge in [-0.15, -0.1) is 0 Å². The molecule has 1 aromatic carbocycles. The number of carbonyl (C=O) groups excluding carboxylic acids is 2. The van der Waals surface area contributed by atoms with Gasteiger partial charge in [0.15, 0.2) is 0 Å². The predicted molar refractivity (Wildman–Crippen MR) is 72.9 cm³/mol. The van der Waals surface area contributed by atoms with Crippen LogP contribution in [0.3, 0.4) is 0 Å². The van der Waals surface area contributed by atoms with Crippen LogP contribution in [0.15, 0.2) is 24.3 Å². The number of nitrogens with one attached hydrogen (secondary N) is 3. The van der Waals surface area contributed by atoms with Crippen molar-refractivity contribution in [3.8, 4) is 0 Å². The zero-order valence-electron chi connectivity index (χ0n) is 11.5. The van der Waals surface area contributed by atoms with Gasteiger partial charge in [-0.25, -0.2) is 0 Å². The van der Waals surface area contributed by atoms with Crippen molar-refractivity contribution in [1.29, 1.82) is 0 Å². The summed E-state index contributed by atoms with van der Waals surface area (Å²) >= 11 is 0. The Morgan fingerprint density at radius 2 is 1.86 bits per heavy atom. The van der Waals surface area contributed by atoms with Crippen LogP contribution < -0.4 is 16.0 Å². The molecule has 1 aromatic rings. The van der Waals surface area contributed by atoms with Crippen LogP contribution in [0.1, 0.15) is 13.8 Å². The molecule has 0 saturated heterocycles. The minimum absolute atomic E-state index is 0.247. The SMILES string of the molecule is CC(=O)Nc1cccc(NC(C)C(=O)NCC(F)(F)F)c1. The van der Waals surface area contributed by atoms with Crippen LogP contribution in [0, 0.1) is 0 Å². The first-order chi connectivity index (χ1) is 9.67. The molecule has 8 heteroatoms. The van der Waals surface area contributed by atoms with E-state index in [1.807, 2.05) is 0 Å². The Labute approximate surface area is 119 Å². The number of hydrogen-bond acceptors (Lipinski definition) is 3. The number of benzene rings is 1. The lowest BCUT2D eigenvalue weighted by Gasteiger charge is -2.16. The zero-order valence-corrected chi connectivity index (χ0v) is 11.5. The van der Waals surface area contributed by atoms with E-state index in [-0.39, 0.29) is 5.91 Å². The van der Waals surface area contributed by atoms with E-state index in [0.29, 0.717) is 11.4 Å². The van der Waals surface area contributed by atoms with Gasteiger partial charge in [0.25, 0.3) is 0 Å². The van der Waals surface area contributed by atoms with E-state index in [0.717, 1.165) is 0 Å². The summed E-state index contributed by atoms with van der Waals surface area (Å²) < 4.78 is 36.0. The number of amides is 2. The van der Waals surface area contributed by atoms with Gasteiger partial charge in [0.05, 0.1) is 0 Å². The second kappa shape index (κ2) is 6.96. The summed E-state index contributed by atoms with van der Waals surface area (Å²) in [6.07, 6.45) is -4.44. The molecule has 1 atom stereocenters. The summed E-state index contributed by atoms with van der Waals surface area (Å²) in [5.41, 5.74) is 1.03. The third kappa shape index (κ3) is 6.64. The van der Waals surface area contributed by atoms with Crippen LogP contribution in [0.5, 0.6) is 0 Å². The minimum Gasteiger partial charge on any atom is -0.374 e. The highest BCUT2D eigenvalue weighted by Gasteiger charge is 2.28. The second-order valence-corrected chi connectivity index (χ2v) is 4.46. The third-order valence-electron chi connectivity index (χ3n) is 2.42. The lowest BCUT2D eigenvalue weighted by atomic mass is 10.2. The fourth-order valence-corrected chi connectivity index (χ4v) is 1.55. The van der Waals surface area contributed by atoms with Gasteiger partial charge in [0, 0.05) is 18.3 Å². The van der Waals surface area contributed by atoms with Crippen molar-refractivity contribution in [3.63, 3.8) is 0 Å². The Kier molecular flexibility index (Phi) is 5.57. The average molecular weight is 303 g/mol. The number of alkyl halides is 3. The first kappa shape index (κ1) is 16.8. The number of halogens is 3. The summed E-state index contributed by atoms with van der Waals surface area (Å²) in [4.78, 5) is 22.4. The Bertz CT molecular complexity index is 518. The summed E-state index contributed by atoms with van der Waals surface area (Å²) in [6.45, 7) is 1.42. The molecule has 5 nitrogen and oxygen atoms in total. The molecular formula is C13H16F3N3O2. The van der Waals surface area contributed by atoms with E-state index in [1.165, 1.54) is 13.8 Å². The fourth-order valence-electron chi connectivity index (χ4n) is 1.55. The van der Waals surface area contributed by atoms with Crippen molar-refractivity contribution in [2.75, 3.05) is 17.2 Å². The Balaban J connectivity index is 2.59. The highest BCUT2D eigenvalue weighted by molar-refractivity contribution is 5.89. The Hall–Kier alpha value is -2.25. The third-order valence-corrected chi connectivity index (χ3v) is 2.42. The molecule has 0 spiro atoms. The summed E-state index contributed by atoms with van der Waals surface area (Å²) in [5.74, 6) is -1.01. The van der Waals surface area contributed by atoms with Gasteiger partial charge < -0.3 is 16.0 Å². The van der Waals surface area contributed by atoms with E-state index in [2.05, 4.69) is 10.6 Å². The predicted octanol–water partition coefficient (Wildman–Crippen LogP) is 2.12. The monoisotopic (exact) mass is 303 g/mol. The maximum Gasteiger partial charge on any atom is 0.405 e. The van der Waals surface area contributed by atoms with Crippen LogP contribution in [0.4, 0.5) is 24.5 Å². The molecule has 0 fully saturated rings. The van der Waals surface area contributed by atoms with Crippen LogP contribution in [-0.2, 0) is 9.59 Å². The summed E-state index contributed by atoms with van der Waals surface area (Å²) in [6, 6.07) is 5.67. The minimum atomic E-state index is -4.44. The van der Waals surface area contributed by atoms with Gasteiger partial charge in [-0.3, -0.25) is 9.59 Å². The molecule has 21 heavy (non-hydrogen) atoms. The van der Waals surface area contributed by atoms with Crippen molar-refractivity contribution in [3.05, 3.63) is 24.3 Å². The topological polar surface area (TPSA) is 70.2 Å². The highest BCUT2D eigenvalue weighted by Crippen LogP contribution is 2.16. The molecule has 0 radical (unpaired) electrons. The van der Waals surface area contributed by atoms with E-state index in [4.69, 9.17) is 0 Å². The molecule has 0 heterocycles. The molecule has 0 saturated carbocycles. The first-order valence-corrected chi connectivity index (χ1v) is 6.16. The zero-order chi connectivity index (χ0) is 16.0. The number of hydrogen-bond donors (Lipinski definition) is 3. The van der Waals surface area contributed by atoms with Crippen LogP contribution in [-0.4, -0.2) is 30.6 Å². The van der Waals surface area contributed by atoms with Crippen LogP contribution in [0.25, 0.3) is 0 Å². The quantitative estimate of drug-likeness (QED) is 0.780. The number of carbonyl (C=O) groups is 2. The lowest BCUT2D eigenvalue weighted by molar-refractivity contribution is -0.138. The molecule has 2 amide bonds. The van der Waals surface area contributed by atoms with Crippen molar-refractivity contribution in [2.45, 2.75) is 26.1 Å². The maximum absolute atomic E-state index is 12.0. The summed E-state index contributed by atoms with van der Waals surface area (Å²) in [5, 5.41) is 7.12. The van der Waals surface area contributed by atoms with Gasteiger partial charge >= 0.3 is 6.18 Å². The van der Waals surface area contributed by atoms with E-state index >= 15 is 0 Å². The Morgan fingerprint density at radius 1 is 1.24 bits per heavy atom. The van der Waals surface area contributed by atoms with Gasteiger partial charge in [0.1, 0.15) is 12.6 Å². The van der Waals surface area contributed by atoms with Crippen molar-refractivity contribution < 1.29 is 22.8 Å². The Morgan fingerprint density at radius 3 is 2.43 bits per heavy atom. The molecule has 1 rings (SSSR count). The number of rotatable bonds is 5. The molecule has 0 aliphatic heterocycles. The average Bonchev–Trinajstić information content (AvgIpc) is 2.34. The smallest absolute Gasteiger partial charge is 0.374 e. The standard InChI is InChI=1S/C13H16F3N3O2/c1-8(12(21)17-7-13(14,15)16)18-10-4-3-5-11(6-10)19-9(2)20/h3-6,8,18H,7H2,1-2H3,(H,17,21)(H,19,20). The first-order valence-electron chi connectivity index (χ1n) is 6.16. The molecule has 0 aliphatic carbocycles. The molecule has 1 unspecified atom stereocenters. The summed E-state index contributed by atoms with van der Waals surface area (Å²) in [7, 11) is 0. The van der Waals surface area contributed by atoms with Gasteiger partial charge in [-0.1, -0.05) is 6.07 Å². The number of anilines is 2. The van der Waals surface area contributed by atoms with Crippen molar-refractivity contribution in [1.82, 2.24) is 5.32 Å². The van der Waals surface area contributed by atoms with Crippen LogP contribution in [0.2, 0.25) is 0 Å². The van der Waals surface area contributed by atoms with Crippen LogP contribution >= 0.6 is 0 Å². The largest absolute Gasteiger partial charge is 0.405 e. The van der Waals surface area contributed by atoms with Crippen molar-refractivity contribution in [2.24, 2.45) is 0 Å². The van der Waals surface area contributed by atoms with E-state index < -0.39 is 24.7 Å². The highest BCUT2D eigenvalue weighted by atomic mass is 19.4. The lowest BCUT2D eigenvalue weighted by Crippen LogP contribution is -2.42. The molecule has 3 N–H and O–H groups in total. The second-order valence-electron chi connectivity index (χ2n) is 4.46. The van der Waals surface area contributed by atoms with Gasteiger partial charge in [-0.2, -0.15) is 13.2 Å². The molecular weight excluding hydrogens is 287 g/mol.